The number of hydrogen-bond acceptors (Lipinski definition) is 2. The molecule has 2 rings (SSSR count). The van der Waals surface area contributed by atoms with Crippen LogP contribution in [0.15, 0.2) is 30.3 Å². The van der Waals surface area contributed by atoms with Gasteiger partial charge in [-0.15, -0.1) is 0 Å². The average molecular weight is 350 g/mol. The molecule has 0 fully saturated rings. The lowest BCUT2D eigenvalue weighted by Gasteiger charge is -2.10. The van der Waals surface area contributed by atoms with Gasteiger partial charge in [-0.3, -0.25) is 4.79 Å². The van der Waals surface area contributed by atoms with Crippen molar-refractivity contribution in [2.75, 3.05) is 11.1 Å². The number of hydrogen-bond donors (Lipinski definition) is 2. The lowest BCUT2D eigenvalue weighted by molar-refractivity contribution is 0.102. The van der Waals surface area contributed by atoms with E-state index in [2.05, 4.69) is 5.32 Å². The minimum absolute atomic E-state index is 0.244. The molecular formula is C13H8Cl4N2O. The number of halogens is 4. The first-order chi connectivity index (χ1) is 9.38. The van der Waals surface area contributed by atoms with Gasteiger partial charge in [-0.25, -0.2) is 0 Å². The van der Waals surface area contributed by atoms with Crippen LogP contribution in [0, 0.1) is 0 Å². The van der Waals surface area contributed by atoms with Crippen molar-refractivity contribution in [3.05, 3.63) is 56.0 Å². The second-order valence-electron chi connectivity index (χ2n) is 3.94. The average Bonchev–Trinajstić information content (AvgIpc) is 2.38. The number of amides is 1. The Bertz CT molecular complexity index is 688. The summed E-state index contributed by atoms with van der Waals surface area (Å²) >= 11 is 23.6. The Morgan fingerprint density at radius 1 is 0.900 bits per heavy atom. The van der Waals surface area contributed by atoms with Crippen LogP contribution >= 0.6 is 46.4 Å². The molecule has 0 aliphatic carbocycles. The summed E-state index contributed by atoms with van der Waals surface area (Å²) in [4.78, 5) is 12.1. The zero-order valence-corrected chi connectivity index (χ0v) is 12.9. The highest BCUT2D eigenvalue weighted by Gasteiger charge is 2.14. The Labute approximate surface area is 135 Å². The van der Waals surface area contributed by atoms with Crippen LogP contribution in [-0.2, 0) is 0 Å². The third-order valence-electron chi connectivity index (χ3n) is 2.49. The van der Waals surface area contributed by atoms with E-state index >= 15 is 0 Å². The molecule has 0 aliphatic heterocycles. The fourth-order valence-corrected chi connectivity index (χ4v) is 2.32. The molecule has 2 aromatic carbocycles. The number of carbonyl (C=O) groups is 1. The van der Waals surface area contributed by atoms with E-state index in [0.29, 0.717) is 16.4 Å². The molecule has 104 valence electrons. The van der Waals surface area contributed by atoms with Crippen molar-refractivity contribution in [1.29, 1.82) is 0 Å². The van der Waals surface area contributed by atoms with Gasteiger partial charge >= 0.3 is 0 Å². The molecule has 0 saturated heterocycles. The molecule has 0 spiro atoms. The smallest absolute Gasteiger partial charge is 0.257 e. The third-order valence-corrected chi connectivity index (χ3v) is 3.86. The highest BCUT2D eigenvalue weighted by Crippen LogP contribution is 2.32. The molecule has 3 nitrogen and oxygen atoms in total. The van der Waals surface area contributed by atoms with E-state index < -0.39 is 5.91 Å². The Kier molecular flexibility index (Phi) is 4.66. The van der Waals surface area contributed by atoms with Gasteiger partial charge < -0.3 is 11.1 Å². The largest absolute Gasteiger partial charge is 0.399 e. The molecule has 0 unspecified atom stereocenters. The second kappa shape index (κ2) is 6.10. The van der Waals surface area contributed by atoms with Gasteiger partial charge in [0.05, 0.1) is 31.3 Å². The van der Waals surface area contributed by atoms with Gasteiger partial charge in [-0.05, 0) is 30.3 Å². The van der Waals surface area contributed by atoms with Gasteiger partial charge in [0.25, 0.3) is 5.91 Å². The van der Waals surface area contributed by atoms with Crippen molar-refractivity contribution in [2.45, 2.75) is 0 Å². The van der Waals surface area contributed by atoms with Gasteiger partial charge in [-0.2, -0.15) is 0 Å². The monoisotopic (exact) mass is 348 g/mol. The van der Waals surface area contributed by atoms with Crippen molar-refractivity contribution in [2.24, 2.45) is 0 Å². The maximum atomic E-state index is 12.1. The number of carbonyl (C=O) groups excluding carboxylic acids is 1. The number of nitrogens with two attached hydrogens (primary N) is 1. The zero-order valence-electron chi connectivity index (χ0n) is 9.88. The first-order valence-corrected chi connectivity index (χ1v) is 6.90. The molecular weight excluding hydrogens is 342 g/mol. The lowest BCUT2D eigenvalue weighted by Crippen LogP contribution is -2.13. The standard InChI is InChI=1S/C13H8Cl4N2O/c14-8-2-1-6(18)3-7(8)13(20)19-12-5-10(16)9(15)4-11(12)17/h1-5H,18H2,(H,19,20). The van der Waals surface area contributed by atoms with Crippen LogP contribution in [-0.4, -0.2) is 5.91 Å². The zero-order chi connectivity index (χ0) is 14.9. The van der Waals surface area contributed by atoms with Crippen molar-refractivity contribution < 1.29 is 4.79 Å². The lowest BCUT2D eigenvalue weighted by atomic mass is 10.2. The number of anilines is 2. The first kappa shape index (κ1) is 15.3. The molecule has 7 heteroatoms. The van der Waals surface area contributed by atoms with Crippen LogP contribution in [0.3, 0.4) is 0 Å². The van der Waals surface area contributed by atoms with Gasteiger partial charge in [0.15, 0.2) is 0 Å². The molecule has 1 amide bonds. The summed E-state index contributed by atoms with van der Waals surface area (Å²) in [7, 11) is 0. The van der Waals surface area contributed by atoms with E-state index in [1.165, 1.54) is 18.2 Å². The summed E-state index contributed by atoms with van der Waals surface area (Å²) in [6.07, 6.45) is 0. The Morgan fingerprint density at radius 2 is 1.55 bits per heavy atom. The van der Waals surface area contributed by atoms with E-state index in [1.807, 2.05) is 0 Å². The summed E-state index contributed by atoms with van der Waals surface area (Å²) in [5.74, 6) is -0.442. The van der Waals surface area contributed by atoms with Crippen molar-refractivity contribution in [3.8, 4) is 0 Å². The maximum Gasteiger partial charge on any atom is 0.257 e. The maximum absolute atomic E-state index is 12.1. The van der Waals surface area contributed by atoms with E-state index in [0.717, 1.165) is 0 Å². The highest BCUT2D eigenvalue weighted by atomic mass is 35.5. The summed E-state index contributed by atoms with van der Waals surface area (Å²) < 4.78 is 0. The summed E-state index contributed by atoms with van der Waals surface area (Å²) in [5.41, 5.74) is 6.64. The number of benzene rings is 2. The van der Waals surface area contributed by atoms with Crippen LogP contribution in [0.4, 0.5) is 11.4 Å². The molecule has 2 aromatic rings. The van der Waals surface area contributed by atoms with Gasteiger partial charge in [0.1, 0.15) is 0 Å². The molecule has 0 radical (unpaired) electrons. The molecule has 0 heterocycles. The quantitative estimate of drug-likeness (QED) is 0.583. The van der Waals surface area contributed by atoms with E-state index in [-0.39, 0.29) is 20.6 Å². The predicted octanol–water partition coefficient (Wildman–Crippen LogP) is 5.13. The van der Waals surface area contributed by atoms with E-state index in [1.54, 1.807) is 12.1 Å². The molecule has 0 atom stereocenters. The number of rotatable bonds is 2. The van der Waals surface area contributed by atoms with Crippen LogP contribution < -0.4 is 11.1 Å². The van der Waals surface area contributed by atoms with Crippen molar-refractivity contribution >= 4 is 63.7 Å². The molecule has 0 saturated carbocycles. The van der Waals surface area contributed by atoms with Gasteiger partial charge in [0.2, 0.25) is 0 Å². The Hall–Kier alpha value is -1.13. The summed E-state index contributed by atoms with van der Waals surface area (Å²) in [6, 6.07) is 7.53. The van der Waals surface area contributed by atoms with Crippen molar-refractivity contribution in [1.82, 2.24) is 0 Å². The van der Waals surface area contributed by atoms with Crippen LogP contribution in [0.5, 0.6) is 0 Å². The van der Waals surface area contributed by atoms with Crippen molar-refractivity contribution in [3.63, 3.8) is 0 Å². The summed E-state index contributed by atoms with van der Waals surface area (Å²) in [6.45, 7) is 0. The fraction of sp³-hybridized carbons (Fsp3) is 0. The Morgan fingerprint density at radius 3 is 2.25 bits per heavy atom. The summed E-state index contributed by atoms with van der Waals surface area (Å²) in [5, 5.41) is 3.75. The van der Waals surface area contributed by atoms with Gasteiger partial charge in [0, 0.05) is 5.69 Å². The topological polar surface area (TPSA) is 55.1 Å². The number of nitrogen functional groups attached to an aromatic ring is 1. The Balaban J connectivity index is 2.32. The van der Waals surface area contributed by atoms with Crippen LogP contribution in [0.1, 0.15) is 10.4 Å². The minimum atomic E-state index is -0.442. The third kappa shape index (κ3) is 3.30. The predicted molar refractivity (Wildman–Crippen MR) is 85.3 cm³/mol. The molecule has 0 aliphatic rings. The molecule has 3 N–H and O–H groups in total. The fourth-order valence-electron chi connectivity index (χ4n) is 1.52. The van der Waals surface area contributed by atoms with Crippen LogP contribution in [0.2, 0.25) is 20.1 Å². The van der Waals surface area contributed by atoms with Gasteiger partial charge in [-0.1, -0.05) is 46.4 Å². The SMILES string of the molecule is Nc1ccc(Cl)c(C(=O)Nc2cc(Cl)c(Cl)cc2Cl)c1. The minimum Gasteiger partial charge on any atom is -0.399 e. The number of nitrogens with one attached hydrogen (secondary N) is 1. The van der Waals surface area contributed by atoms with E-state index in [4.69, 9.17) is 52.1 Å². The molecule has 0 bridgehead atoms. The normalized spacial score (nSPS) is 10.4. The van der Waals surface area contributed by atoms with Crippen LogP contribution in [0.25, 0.3) is 0 Å². The molecule has 20 heavy (non-hydrogen) atoms. The second-order valence-corrected chi connectivity index (χ2v) is 5.57. The van der Waals surface area contributed by atoms with E-state index in [9.17, 15) is 4.79 Å². The molecule has 0 aromatic heterocycles. The highest BCUT2D eigenvalue weighted by molar-refractivity contribution is 6.44. The first-order valence-electron chi connectivity index (χ1n) is 5.39.